The van der Waals surface area contributed by atoms with Crippen molar-refractivity contribution in [1.29, 1.82) is 0 Å². The fraction of sp³-hybridized carbons (Fsp3) is 0.917. The Morgan fingerprint density at radius 1 is 1.47 bits per heavy atom. The highest BCUT2D eigenvalue weighted by Crippen LogP contribution is 2.42. The van der Waals surface area contributed by atoms with Gasteiger partial charge in [0.25, 0.3) is 0 Å². The summed E-state index contributed by atoms with van der Waals surface area (Å²) in [7, 11) is 0. The van der Waals surface area contributed by atoms with Crippen molar-refractivity contribution >= 4 is 5.78 Å². The minimum Gasteiger partial charge on any atom is -0.385 e. The van der Waals surface area contributed by atoms with Crippen LogP contribution >= 0.6 is 0 Å². The molecule has 0 amide bonds. The van der Waals surface area contributed by atoms with E-state index in [1.807, 2.05) is 34.6 Å². The molecule has 0 aliphatic carbocycles. The molecule has 1 aliphatic rings. The normalized spacial score (nSPS) is 30.1. The van der Waals surface area contributed by atoms with Crippen LogP contribution in [0.3, 0.4) is 0 Å². The van der Waals surface area contributed by atoms with E-state index in [1.165, 1.54) is 0 Å². The highest BCUT2D eigenvalue weighted by molar-refractivity contribution is 5.86. The zero-order valence-corrected chi connectivity index (χ0v) is 10.3. The predicted molar refractivity (Wildman–Crippen MR) is 58.7 cm³/mol. The van der Waals surface area contributed by atoms with Crippen molar-refractivity contribution in [2.45, 2.75) is 64.8 Å². The Kier molecular flexibility index (Phi) is 3.27. The van der Waals surface area contributed by atoms with E-state index in [0.29, 0.717) is 12.8 Å². The maximum atomic E-state index is 11.9. The molecule has 88 valence electrons. The third kappa shape index (κ3) is 2.58. The van der Waals surface area contributed by atoms with Gasteiger partial charge in [0, 0.05) is 0 Å². The van der Waals surface area contributed by atoms with E-state index in [0.717, 1.165) is 0 Å². The molecule has 0 saturated carbocycles. The minimum atomic E-state index is -0.841. The number of aliphatic hydroxyl groups is 1. The molecule has 1 saturated heterocycles. The largest absolute Gasteiger partial charge is 0.385 e. The molecule has 1 heterocycles. The average molecular weight is 214 g/mol. The van der Waals surface area contributed by atoms with Crippen LogP contribution in [0, 0.1) is 5.92 Å². The first-order valence-corrected chi connectivity index (χ1v) is 5.61. The molecule has 2 atom stereocenters. The van der Waals surface area contributed by atoms with Crippen LogP contribution < -0.4 is 0 Å². The van der Waals surface area contributed by atoms with E-state index >= 15 is 0 Å². The molecule has 0 aromatic rings. The lowest BCUT2D eigenvalue weighted by molar-refractivity contribution is -0.137. The lowest BCUT2D eigenvalue weighted by Crippen LogP contribution is -2.38. The van der Waals surface area contributed by atoms with Crippen molar-refractivity contribution in [1.82, 2.24) is 0 Å². The number of rotatable bonds is 3. The van der Waals surface area contributed by atoms with Gasteiger partial charge < -0.3 is 9.84 Å². The summed E-state index contributed by atoms with van der Waals surface area (Å²) >= 11 is 0. The van der Waals surface area contributed by atoms with Gasteiger partial charge in [0.05, 0.1) is 17.1 Å². The molecule has 3 nitrogen and oxygen atoms in total. The van der Waals surface area contributed by atoms with Crippen LogP contribution in [0.25, 0.3) is 0 Å². The summed E-state index contributed by atoms with van der Waals surface area (Å²) in [6, 6.07) is 0. The van der Waals surface area contributed by atoms with Crippen LogP contribution in [-0.2, 0) is 9.53 Å². The summed E-state index contributed by atoms with van der Waals surface area (Å²) in [5.41, 5.74) is -0.728. The van der Waals surface area contributed by atoms with Gasteiger partial charge in [-0.05, 0) is 40.5 Å². The molecule has 1 fully saturated rings. The van der Waals surface area contributed by atoms with E-state index in [-0.39, 0.29) is 17.3 Å². The Labute approximate surface area is 91.8 Å². The van der Waals surface area contributed by atoms with Crippen molar-refractivity contribution in [3.63, 3.8) is 0 Å². The summed E-state index contributed by atoms with van der Waals surface area (Å²) in [4.78, 5) is 11.9. The van der Waals surface area contributed by atoms with E-state index < -0.39 is 11.7 Å². The molecular formula is C12H22O3. The topological polar surface area (TPSA) is 46.5 Å². The van der Waals surface area contributed by atoms with Gasteiger partial charge in [-0.3, -0.25) is 4.79 Å². The quantitative estimate of drug-likeness (QED) is 0.780. The summed E-state index contributed by atoms with van der Waals surface area (Å²) in [6.45, 7) is 9.64. The number of ketones is 1. The predicted octanol–water partition coefficient (Wildman–Crippen LogP) is 1.92. The average Bonchev–Trinajstić information content (AvgIpc) is 2.31. The molecule has 0 spiro atoms. The highest BCUT2D eigenvalue weighted by atomic mass is 16.5. The molecule has 2 unspecified atom stereocenters. The third-order valence-electron chi connectivity index (χ3n) is 3.13. The van der Waals surface area contributed by atoms with Crippen molar-refractivity contribution in [3.8, 4) is 0 Å². The number of aliphatic hydroxyl groups excluding tert-OH is 1. The lowest BCUT2D eigenvalue weighted by atomic mass is 9.82. The third-order valence-corrected chi connectivity index (χ3v) is 3.13. The zero-order chi connectivity index (χ0) is 11.9. The molecule has 0 aromatic heterocycles. The van der Waals surface area contributed by atoms with Crippen molar-refractivity contribution < 1.29 is 14.6 Å². The molecule has 1 rings (SSSR count). The SMILES string of the molecule is CCC(O)C(=O)C1CC(C)(C)OC1(C)C. The Bertz CT molecular complexity index is 256. The summed E-state index contributed by atoms with van der Waals surface area (Å²) < 4.78 is 5.83. The molecule has 3 heteroatoms. The van der Waals surface area contributed by atoms with Gasteiger partial charge in [0.2, 0.25) is 0 Å². The smallest absolute Gasteiger partial charge is 0.167 e. The van der Waals surface area contributed by atoms with Gasteiger partial charge in [-0.2, -0.15) is 0 Å². The van der Waals surface area contributed by atoms with Gasteiger partial charge in [0.1, 0.15) is 6.10 Å². The molecule has 15 heavy (non-hydrogen) atoms. The van der Waals surface area contributed by atoms with Crippen molar-refractivity contribution in [2.75, 3.05) is 0 Å². The minimum absolute atomic E-state index is 0.0759. The van der Waals surface area contributed by atoms with Gasteiger partial charge in [-0.1, -0.05) is 6.92 Å². The monoisotopic (exact) mass is 214 g/mol. The van der Waals surface area contributed by atoms with Crippen LogP contribution in [0.5, 0.6) is 0 Å². The number of hydrogen-bond acceptors (Lipinski definition) is 3. The molecular weight excluding hydrogens is 192 g/mol. The van der Waals surface area contributed by atoms with Crippen molar-refractivity contribution in [3.05, 3.63) is 0 Å². The molecule has 1 N–H and O–H groups in total. The van der Waals surface area contributed by atoms with Crippen molar-refractivity contribution in [2.24, 2.45) is 5.92 Å². The summed E-state index contributed by atoms with van der Waals surface area (Å²) in [5.74, 6) is -0.268. The van der Waals surface area contributed by atoms with Gasteiger partial charge >= 0.3 is 0 Å². The maximum Gasteiger partial charge on any atom is 0.167 e. The second-order valence-corrected chi connectivity index (χ2v) is 5.55. The zero-order valence-electron chi connectivity index (χ0n) is 10.3. The second-order valence-electron chi connectivity index (χ2n) is 5.55. The summed E-state index contributed by atoms with van der Waals surface area (Å²) in [5, 5.41) is 9.58. The van der Waals surface area contributed by atoms with E-state index in [2.05, 4.69) is 0 Å². The molecule has 0 radical (unpaired) electrons. The maximum absolute atomic E-state index is 11.9. The van der Waals surface area contributed by atoms with Crippen LogP contribution in [0.4, 0.5) is 0 Å². The Morgan fingerprint density at radius 3 is 2.33 bits per heavy atom. The summed E-state index contributed by atoms with van der Waals surface area (Å²) in [6.07, 6.45) is 0.327. The first-order valence-electron chi connectivity index (χ1n) is 5.61. The number of hydrogen-bond donors (Lipinski definition) is 1. The Hall–Kier alpha value is -0.410. The van der Waals surface area contributed by atoms with Crippen LogP contribution in [-0.4, -0.2) is 28.2 Å². The first-order chi connectivity index (χ1) is 6.69. The van der Waals surface area contributed by atoms with E-state index in [1.54, 1.807) is 0 Å². The van der Waals surface area contributed by atoms with Crippen LogP contribution in [0.1, 0.15) is 47.5 Å². The second kappa shape index (κ2) is 3.87. The standard InChI is InChI=1S/C12H22O3/c1-6-9(13)10(14)8-7-11(2,3)15-12(8,4)5/h8-9,13H,6-7H2,1-5H3. The Balaban J connectivity index is 2.83. The fourth-order valence-corrected chi connectivity index (χ4v) is 2.44. The number of carbonyl (C=O) groups excluding carboxylic acids is 1. The molecule has 0 aromatic carbocycles. The van der Waals surface area contributed by atoms with Crippen LogP contribution in [0.2, 0.25) is 0 Å². The van der Waals surface area contributed by atoms with Gasteiger partial charge in [0.15, 0.2) is 5.78 Å². The van der Waals surface area contributed by atoms with Crippen LogP contribution in [0.15, 0.2) is 0 Å². The molecule has 1 aliphatic heterocycles. The first kappa shape index (κ1) is 12.7. The van der Waals surface area contributed by atoms with E-state index in [9.17, 15) is 9.90 Å². The van der Waals surface area contributed by atoms with E-state index in [4.69, 9.17) is 4.74 Å². The fourth-order valence-electron chi connectivity index (χ4n) is 2.44. The molecule has 0 bridgehead atoms. The lowest BCUT2D eigenvalue weighted by Gasteiger charge is -2.27. The number of Topliss-reactive ketones (excluding diaryl/α,β-unsaturated/α-hetero) is 1. The Morgan fingerprint density at radius 2 is 2.00 bits per heavy atom. The van der Waals surface area contributed by atoms with Gasteiger partial charge in [-0.25, -0.2) is 0 Å². The van der Waals surface area contributed by atoms with Gasteiger partial charge in [-0.15, -0.1) is 0 Å². The highest BCUT2D eigenvalue weighted by Gasteiger charge is 2.50. The number of carbonyl (C=O) groups is 1. The number of ether oxygens (including phenoxy) is 1.